The molecule has 2 fully saturated rings. The normalized spacial score (nSPS) is 19.2. The highest BCUT2D eigenvalue weighted by molar-refractivity contribution is 6.14. The van der Waals surface area contributed by atoms with Gasteiger partial charge < -0.3 is 19.9 Å². The number of anilines is 1. The van der Waals surface area contributed by atoms with Crippen molar-refractivity contribution in [2.75, 3.05) is 51.3 Å². The largest absolute Gasteiger partial charge is 0.381 e. The van der Waals surface area contributed by atoms with Crippen LogP contribution in [0, 0.1) is 18.7 Å². The number of carbonyl (C=O) groups excluding carboxylic acids is 1. The Morgan fingerprint density at radius 3 is 2.66 bits per heavy atom. The van der Waals surface area contributed by atoms with Crippen LogP contribution in [0.3, 0.4) is 0 Å². The number of carbonyl (C=O) groups is 1. The van der Waals surface area contributed by atoms with E-state index in [9.17, 15) is 9.18 Å². The molecule has 3 aliphatic heterocycles. The molecule has 1 amide bonds. The molecule has 2 saturated heterocycles. The summed E-state index contributed by atoms with van der Waals surface area (Å²) >= 11 is 0. The van der Waals surface area contributed by atoms with Crippen LogP contribution in [0.4, 0.5) is 10.1 Å². The lowest BCUT2D eigenvalue weighted by Crippen LogP contribution is -2.44. The predicted molar refractivity (Wildman–Crippen MR) is 161 cm³/mol. The van der Waals surface area contributed by atoms with E-state index in [4.69, 9.17) is 8.85 Å². The van der Waals surface area contributed by atoms with Gasteiger partial charge in [0.15, 0.2) is 0 Å². The van der Waals surface area contributed by atoms with Crippen molar-refractivity contribution in [3.63, 3.8) is 0 Å². The van der Waals surface area contributed by atoms with Crippen LogP contribution in [0.5, 0.6) is 0 Å². The smallest absolute Gasteiger partial charge is 0.257 e. The lowest BCUT2D eigenvalue weighted by molar-refractivity contribution is 0.0664. The van der Waals surface area contributed by atoms with Gasteiger partial charge in [0, 0.05) is 60.3 Å². The molecule has 0 aromatic heterocycles. The number of hydrogen-bond donors (Lipinski definition) is 1. The molecule has 6 rings (SSSR count). The Balaban J connectivity index is 1.21. The Bertz CT molecular complexity index is 1540. The molecule has 41 heavy (non-hydrogen) atoms. The fourth-order valence-corrected chi connectivity index (χ4v) is 6.17. The van der Waals surface area contributed by atoms with E-state index in [2.05, 4.69) is 21.3 Å². The standard InChI is InChI=1S/C34H39FN4O2/c1-23-15-26(19-29(35)16-23)17-25-3-4-27-22-36-33(32(27)20-25)37-34(40)31-6-5-30(39-11-9-38(2)10-12-39)21-28(31)18-24-7-13-41-14-8-24/h3-6,15-16,19-21,24H,7-14,17-18,22H2,1-2H3,(H,36,37,40)/i2D3. The predicted octanol–water partition coefficient (Wildman–Crippen LogP) is 5.14. The quantitative estimate of drug-likeness (QED) is 0.456. The average Bonchev–Trinajstić information content (AvgIpc) is 3.38. The van der Waals surface area contributed by atoms with E-state index in [-0.39, 0.29) is 11.7 Å². The molecular formula is C34H39FN4O2. The second kappa shape index (κ2) is 12.1. The van der Waals surface area contributed by atoms with Crippen LogP contribution in [0.25, 0.3) is 0 Å². The molecule has 3 aromatic rings. The van der Waals surface area contributed by atoms with Crippen LogP contribution >= 0.6 is 0 Å². The summed E-state index contributed by atoms with van der Waals surface area (Å²) in [6, 6.07) is 17.2. The van der Waals surface area contributed by atoms with Gasteiger partial charge in [0.25, 0.3) is 5.91 Å². The number of amidine groups is 1. The van der Waals surface area contributed by atoms with Crippen LogP contribution < -0.4 is 10.2 Å². The minimum absolute atomic E-state index is 0.191. The van der Waals surface area contributed by atoms with Gasteiger partial charge in [-0.3, -0.25) is 9.79 Å². The van der Waals surface area contributed by atoms with E-state index in [1.807, 2.05) is 43.3 Å². The summed E-state index contributed by atoms with van der Waals surface area (Å²) in [6.07, 6.45) is 3.27. The number of hydrogen-bond acceptors (Lipinski definition) is 5. The fraction of sp³-hybridized carbons (Fsp3) is 0.412. The maximum Gasteiger partial charge on any atom is 0.257 e. The molecule has 0 unspecified atom stereocenters. The van der Waals surface area contributed by atoms with Gasteiger partial charge in [0.1, 0.15) is 11.7 Å². The molecule has 3 aromatic carbocycles. The van der Waals surface area contributed by atoms with Gasteiger partial charge in [-0.05, 0) is 110 Å². The van der Waals surface area contributed by atoms with E-state index >= 15 is 0 Å². The number of piperazine rings is 1. The monoisotopic (exact) mass is 557 g/mol. The van der Waals surface area contributed by atoms with E-state index < -0.39 is 6.98 Å². The lowest BCUT2D eigenvalue weighted by Gasteiger charge is -2.34. The third-order valence-electron chi connectivity index (χ3n) is 8.41. The van der Waals surface area contributed by atoms with E-state index in [0.29, 0.717) is 56.5 Å². The third kappa shape index (κ3) is 6.52. The molecule has 0 atom stereocenters. The Hall–Kier alpha value is -3.55. The summed E-state index contributed by atoms with van der Waals surface area (Å²) in [5.41, 5.74) is 7.39. The zero-order chi connectivity index (χ0) is 30.8. The van der Waals surface area contributed by atoms with Crippen LogP contribution in [-0.4, -0.2) is 63.0 Å². The first-order chi connectivity index (χ1) is 21.1. The van der Waals surface area contributed by atoms with Crippen LogP contribution in [0.15, 0.2) is 59.6 Å². The first-order valence-corrected chi connectivity index (χ1v) is 14.6. The molecule has 0 spiro atoms. The Kier molecular flexibility index (Phi) is 7.13. The van der Waals surface area contributed by atoms with Gasteiger partial charge in [-0.25, -0.2) is 4.39 Å². The lowest BCUT2D eigenvalue weighted by atomic mass is 9.89. The van der Waals surface area contributed by atoms with Crippen molar-refractivity contribution in [3.05, 3.63) is 99.4 Å². The topological polar surface area (TPSA) is 57.2 Å². The molecule has 0 radical (unpaired) electrons. The van der Waals surface area contributed by atoms with Crippen molar-refractivity contribution in [1.82, 2.24) is 10.2 Å². The Morgan fingerprint density at radius 2 is 1.88 bits per heavy atom. The van der Waals surface area contributed by atoms with Crippen molar-refractivity contribution in [1.29, 1.82) is 0 Å². The third-order valence-corrected chi connectivity index (χ3v) is 8.41. The maximum absolute atomic E-state index is 14.0. The molecule has 6 nitrogen and oxygen atoms in total. The second-order valence-corrected chi connectivity index (χ2v) is 11.5. The number of aryl methyl sites for hydroxylation is 1. The van der Waals surface area contributed by atoms with Gasteiger partial charge in [0.05, 0.1) is 6.54 Å². The van der Waals surface area contributed by atoms with Crippen LogP contribution in [0.2, 0.25) is 0 Å². The first kappa shape index (κ1) is 24.1. The number of nitrogens with zero attached hydrogens (tertiary/aromatic N) is 3. The van der Waals surface area contributed by atoms with Gasteiger partial charge in [-0.1, -0.05) is 18.2 Å². The van der Waals surface area contributed by atoms with Gasteiger partial charge in [0.2, 0.25) is 0 Å². The number of likely N-dealkylation sites (N-methyl/N-ethyl adjacent to an activating group) is 1. The number of aliphatic imine (C=N–C) groups is 1. The summed E-state index contributed by atoms with van der Waals surface area (Å²) < 4.78 is 42.8. The van der Waals surface area contributed by atoms with Crippen LogP contribution in [-0.2, 0) is 24.1 Å². The first-order valence-electron chi connectivity index (χ1n) is 16.1. The number of ether oxygens (including phenoxy) is 1. The molecule has 0 bridgehead atoms. The van der Waals surface area contributed by atoms with Gasteiger partial charge in [-0.2, -0.15) is 0 Å². The van der Waals surface area contributed by atoms with Crippen molar-refractivity contribution in [3.8, 4) is 0 Å². The second-order valence-electron chi connectivity index (χ2n) is 11.5. The van der Waals surface area contributed by atoms with E-state index in [0.717, 1.165) is 71.5 Å². The molecule has 214 valence electrons. The maximum atomic E-state index is 14.0. The number of benzene rings is 3. The number of rotatable bonds is 6. The fourth-order valence-electron chi connectivity index (χ4n) is 6.17. The summed E-state index contributed by atoms with van der Waals surface area (Å²) in [7, 11) is 0. The molecule has 1 N–H and O–H groups in total. The van der Waals surface area contributed by atoms with Gasteiger partial charge in [-0.15, -0.1) is 0 Å². The number of halogens is 1. The van der Waals surface area contributed by atoms with E-state index in [1.54, 1.807) is 11.0 Å². The highest BCUT2D eigenvalue weighted by Gasteiger charge is 2.24. The Labute approximate surface area is 246 Å². The number of amides is 1. The molecule has 7 heteroatoms. The molecule has 3 aliphatic rings. The number of nitrogens with one attached hydrogen (secondary N) is 1. The zero-order valence-electron chi connectivity index (χ0n) is 26.6. The minimum Gasteiger partial charge on any atom is -0.381 e. The summed E-state index contributed by atoms with van der Waals surface area (Å²) in [5.74, 6) is 0.556. The summed E-state index contributed by atoms with van der Waals surface area (Å²) in [6.45, 7) is 3.93. The molecule has 0 aliphatic carbocycles. The van der Waals surface area contributed by atoms with E-state index in [1.165, 1.54) is 6.07 Å². The molecule has 0 saturated carbocycles. The van der Waals surface area contributed by atoms with Gasteiger partial charge >= 0.3 is 0 Å². The number of fused-ring (bicyclic) bond motifs is 1. The summed E-state index contributed by atoms with van der Waals surface area (Å²) in [4.78, 5) is 22.2. The molecular weight excluding hydrogens is 515 g/mol. The highest BCUT2D eigenvalue weighted by Crippen LogP contribution is 2.28. The molecule has 3 heterocycles. The Morgan fingerprint density at radius 1 is 1.05 bits per heavy atom. The van der Waals surface area contributed by atoms with Crippen molar-refractivity contribution >= 4 is 17.4 Å². The average molecular weight is 558 g/mol. The van der Waals surface area contributed by atoms with Crippen molar-refractivity contribution in [2.45, 2.75) is 39.2 Å². The zero-order valence-corrected chi connectivity index (χ0v) is 23.6. The highest BCUT2D eigenvalue weighted by atomic mass is 19.1. The van der Waals surface area contributed by atoms with Crippen molar-refractivity contribution in [2.24, 2.45) is 10.9 Å². The van der Waals surface area contributed by atoms with Crippen molar-refractivity contribution < 1.29 is 18.0 Å². The van der Waals surface area contributed by atoms with Crippen LogP contribution in [0.1, 0.15) is 60.7 Å². The minimum atomic E-state index is -2.08. The summed E-state index contributed by atoms with van der Waals surface area (Å²) in [5, 5.41) is 3.10. The SMILES string of the molecule is [2H]C([2H])([2H])N1CCN(c2ccc(C(=O)NC3=NCc4ccc(Cc5cc(C)cc(F)c5)cc43)c(CC3CCOCC3)c2)CC1.